The molecule has 0 heterocycles. The van der Waals surface area contributed by atoms with Gasteiger partial charge in [-0.1, -0.05) is 11.6 Å². The highest BCUT2D eigenvalue weighted by Crippen LogP contribution is 2.22. The number of anilines is 1. The van der Waals surface area contributed by atoms with Crippen LogP contribution in [0.25, 0.3) is 0 Å². The molecule has 0 bridgehead atoms. The molecule has 160 valence electrons. The summed E-state index contributed by atoms with van der Waals surface area (Å²) >= 11 is 5.95. The second-order valence-corrected chi connectivity index (χ2v) is 8.27. The molecule has 0 radical (unpaired) electrons. The van der Waals surface area contributed by atoms with Crippen LogP contribution in [0.1, 0.15) is 12.5 Å². The maximum atomic E-state index is 12.2. The van der Waals surface area contributed by atoms with E-state index in [2.05, 4.69) is 10.5 Å². The Hall–Kier alpha value is -3.18. The molecule has 0 aliphatic carbocycles. The summed E-state index contributed by atoms with van der Waals surface area (Å²) in [5.41, 5.74) is 2.49. The Labute approximate surface area is 178 Å². The first-order chi connectivity index (χ1) is 14.1. The average molecular weight is 455 g/mol. The summed E-state index contributed by atoms with van der Waals surface area (Å²) in [6.07, 6.45) is 2.11. The van der Waals surface area contributed by atoms with Crippen molar-refractivity contribution in [3.05, 3.63) is 63.2 Å². The Balaban J connectivity index is 2.11. The molecule has 0 saturated carbocycles. The number of non-ortho nitro benzene ring substituents is 1. The van der Waals surface area contributed by atoms with Crippen LogP contribution in [0, 0.1) is 10.1 Å². The van der Waals surface area contributed by atoms with E-state index in [1.165, 1.54) is 30.3 Å². The number of nitrogens with one attached hydrogen (secondary N) is 1. The number of ether oxygens (including phenoxy) is 1. The fraction of sp³-hybridized carbons (Fsp3) is 0.222. The van der Waals surface area contributed by atoms with Crippen LogP contribution in [0.5, 0.6) is 5.75 Å². The van der Waals surface area contributed by atoms with Crippen LogP contribution < -0.4 is 14.5 Å². The van der Waals surface area contributed by atoms with E-state index < -0.39 is 27.4 Å². The van der Waals surface area contributed by atoms with Gasteiger partial charge in [0.1, 0.15) is 12.3 Å². The van der Waals surface area contributed by atoms with E-state index in [9.17, 15) is 23.3 Å². The lowest BCUT2D eigenvalue weighted by molar-refractivity contribution is -0.384. The maximum Gasteiger partial charge on any atom is 0.270 e. The van der Waals surface area contributed by atoms with E-state index in [-0.39, 0.29) is 22.0 Å². The minimum absolute atomic E-state index is 0.189. The van der Waals surface area contributed by atoms with E-state index in [4.69, 9.17) is 16.3 Å². The number of nitrogens with zero attached hydrogens (tertiary/aromatic N) is 3. The van der Waals surface area contributed by atoms with Crippen molar-refractivity contribution in [2.45, 2.75) is 6.92 Å². The number of sulfonamides is 1. The van der Waals surface area contributed by atoms with Crippen molar-refractivity contribution in [2.75, 3.05) is 23.7 Å². The summed E-state index contributed by atoms with van der Waals surface area (Å²) in [4.78, 5) is 22.4. The van der Waals surface area contributed by atoms with E-state index in [1.54, 1.807) is 12.1 Å². The van der Waals surface area contributed by atoms with Crippen molar-refractivity contribution in [1.29, 1.82) is 0 Å². The standard InChI is InChI=1S/C18H19ClN4O6S/c1-3-29-16-7-4-14(5-8-16)22(30(2,27)28)12-18(24)21-20-11-13-10-15(23(25)26)6-9-17(13)19/h4-11H,3,12H2,1-2H3,(H,21,24). The monoisotopic (exact) mass is 454 g/mol. The molecule has 12 heteroatoms. The normalized spacial score (nSPS) is 11.3. The molecule has 2 rings (SSSR count). The maximum absolute atomic E-state index is 12.2. The van der Waals surface area contributed by atoms with Crippen LogP contribution in [0.4, 0.5) is 11.4 Å². The molecule has 0 fully saturated rings. The first-order valence-corrected chi connectivity index (χ1v) is 10.8. The average Bonchev–Trinajstić information content (AvgIpc) is 2.67. The number of hydrazone groups is 1. The molecule has 0 aliphatic heterocycles. The number of rotatable bonds is 9. The van der Waals surface area contributed by atoms with Crippen molar-refractivity contribution >= 4 is 45.1 Å². The molecule has 1 N–H and O–H groups in total. The van der Waals surface area contributed by atoms with Gasteiger partial charge in [-0.3, -0.25) is 19.2 Å². The van der Waals surface area contributed by atoms with Crippen molar-refractivity contribution in [1.82, 2.24) is 5.43 Å². The third-order valence-corrected chi connectivity index (χ3v) is 5.19. The predicted molar refractivity (Wildman–Crippen MR) is 114 cm³/mol. The summed E-state index contributed by atoms with van der Waals surface area (Å²) in [5, 5.41) is 14.7. The van der Waals surface area contributed by atoms with Crippen molar-refractivity contribution in [3.63, 3.8) is 0 Å². The van der Waals surface area contributed by atoms with E-state index in [0.29, 0.717) is 12.4 Å². The number of benzene rings is 2. The second-order valence-electron chi connectivity index (χ2n) is 5.95. The number of nitro groups is 1. The fourth-order valence-corrected chi connectivity index (χ4v) is 3.38. The summed E-state index contributed by atoms with van der Waals surface area (Å²) in [5.74, 6) is -0.148. The number of hydrogen-bond acceptors (Lipinski definition) is 7. The van der Waals surface area contributed by atoms with E-state index >= 15 is 0 Å². The number of hydrogen-bond donors (Lipinski definition) is 1. The van der Waals surface area contributed by atoms with Crippen LogP contribution in [0.3, 0.4) is 0 Å². The number of amides is 1. The van der Waals surface area contributed by atoms with Gasteiger partial charge in [-0.15, -0.1) is 0 Å². The van der Waals surface area contributed by atoms with Gasteiger partial charge in [0.15, 0.2) is 0 Å². The lowest BCUT2D eigenvalue weighted by atomic mass is 10.2. The van der Waals surface area contributed by atoms with Crippen molar-refractivity contribution in [3.8, 4) is 5.75 Å². The molecular formula is C18H19ClN4O6S. The Morgan fingerprint density at radius 3 is 2.53 bits per heavy atom. The molecule has 0 aliphatic rings. The molecule has 0 atom stereocenters. The SMILES string of the molecule is CCOc1ccc(N(CC(=O)NN=Cc2cc([N+](=O)[O-])ccc2Cl)S(C)(=O)=O)cc1. The van der Waals surface area contributed by atoms with Crippen LogP contribution in [0.15, 0.2) is 47.6 Å². The Morgan fingerprint density at radius 2 is 1.97 bits per heavy atom. The summed E-state index contributed by atoms with van der Waals surface area (Å²) < 4.78 is 30.5. The summed E-state index contributed by atoms with van der Waals surface area (Å²) in [7, 11) is -3.75. The summed E-state index contributed by atoms with van der Waals surface area (Å²) in [6.45, 7) is 1.76. The molecule has 30 heavy (non-hydrogen) atoms. The van der Waals surface area contributed by atoms with Gasteiger partial charge in [-0.05, 0) is 37.3 Å². The molecule has 2 aromatic carbocycles. The molecule has 0 saturated heterocycles. The number of carbonyl (C=O) groups excluding carboxylic acids is 1. The number of nitro benzene ring substituents is 1. The zero-order chi connectivity index (χ0) is 22.3. The highest BCUT2D eigenvalue weighted by molar-refractivity contribution is 7.92. The van der Waals surface area contributed by atoms with Crippen LogP contribution in [-0.2, 0) is 14.8 Å². The lowest BCUT2D eigenvalue weighted by Gasteiger charge is -2.21. The number of carbonyl (C=O) groups is 1. The van der Waals surface area contributed by atoms with Gasteiger partial charge in [-0.25, -0.2) is 13.8 Å². The Morgan fingerprint density at radius 1 is 1.30 bits per heavy atom. The topological polar surface area (TPSA) is 131 Å². The van der Waals surface area contributed by atoms with E-state index in [1.807, 2.05) is 6.92 Å². The molecule has 0 spiro atoms. The predicted octanol–water partition coefficient (Wildman–Crippen LogP) is 2.56. The Kier molecular flexibility index (Phi) is 7.72. The number of halogens is 1. The van der Waals surface area contributed by atoms with Gasteiger partial charge in [0.25, 0.3) is 11.6 Å². The van der Waals surface area contributed by atoms with Gasteiger partial charge < -0.3 is 4.74 Å². The van der Waals surface area contributed by atoms with Crippen LogP contribution >= 0.6 is 11.6 Å². The first kappa shape index (κ1) is 23.1. The molecule has 10 nitrogen and oxygen atoms in total. The van der Waals surface area contributed by atoms with Gasteiger partial charge >= 0.3 is 0 Å². The third kappa shape index (κ3) is 6.42. The van der Waals surface area contributed by atoms with E-state index in [0.717, 1.165) is 16.8 Å². The zero-order valence-electron chi connectivity index (χ0n) is 16.1. The first-order valence-electron chi connectivity index (χ1n) is 8.58. The van der Waals surface area contributed by atoms with Crippen LogP contribution in [0.2, 0.25) is 5.02 Å². The highest BCUT2D eigenvalue weighted by Gasteiger charge is 2.20. The molecule has 0 aromatic heterocycles. The second kappa shape index (κ2) is 10.0. The quantitative estimate of drug-likeness (QED) is 0.352. The van der Waals surface area contributed by atoms with Crippen molar-refractivity contribution < 1.29 is 22.9 Å². The minimum atomic E-state index is -3.75. The highest BCUT2D eigenvalue weighted by atomic mass is 35.5. The molecule has 0 unspecified atom stereocenters. The molecule has 1 amide bonds. The summed E-state index contributed by atoms with van der Waals surface area (Å²) in [6, 6.07) is 9.99. The lowest BCUT2D eigenvalue weighted by Crippen LogP contribution is -2.39. The third-order valence-electron chi connectivity index (χ3n) is 3.71. The van der Waals surface area contributed by atoms with Gasteiger partial charge in [0.2, 0.25) is 10.0 Å². The van der Waals surface area contributed by atoms with Gasteiger partial charge in [-0.2, -0.15) is 5.10 Å². The van der Waals surface area contributed by atoms with Gasteiger partial charge in [0.05, 0.1) is 29.7 Å². The zero-order valence-corrected chi connectivity index (χ0v) is 17.7. The molecular weight excluding hydrogens is 436 g/mol. The smallest absolute Gasteiger partial charge is 0.270 e. The largest absolute Gasteiger partial charge is 0.494 e. The van der Waals surface area contributed by atoms with Gasteiger partial charge in [0, 0.05) is 22.7 Å². The minimum Gasteiger partial charge on any atom is -0.494 e. The Bertz CT molecular complexity index is 1060. The molecule has 2 aromatic rings. The van der Waals surface area contributed by atoms with Crippen LogP contribution in [-0.4, -0.2) is 44.9 Å². The van der Waals surface area contributed by atoms with Crippen molar-refractivity contribution in [2.24, 2.45) is 5.10 Å². The fourth-order valence-electron chi connectivity index (χ4n) is 2.36.